The van der Waals surface area contributed by atoms with Crippen LogP contribution in [0.5, 0.6) is 0 Å². The summed E-state index contributed by atoms with van der Waals surface area (Å²) in [5.41, 5.74) is 48.6. The summed E-state index contributed by atoms with van der Waals surface area (Å²) in [5.74, 6) is 0. The summed E-state index contributed by atoms with van der Waals surface area (Å²) < 4.78 is 48.6. The van der Waals surface area contributed by atoms with Gasteiger partial charge in [-0.25, -0.2) is 4.79 Å². The van der Waals surface area contributed by atoms with E-state index < -0.39 is 123 Å². The van der Waals surface area contributed by atoms with E-state index in [4.69, 9.17) is 43.4 Å². The van der Waals surface area contributed by atoms with Gasteiger partial charge in [-0.2, -0.15) is 0 Å². The van der Waals surface area contributed by atoms with E-state index in [1.54, 1.807) is 0 Å². The molecule has 6 rings (SSSR count). The fraction of sp³-hybridized carbons (Fsp3) is 0.667. The van der Waals surface area contributed by atoms with Crippen LogP contribution in [-0.2, 0) is 51.0 Å². The van der Waals surface area contributed by atoms with Gasteiger partial charge in [0.1, 0.15) is 43.2 Å². The number of hydrogen-bond donors (Lipinski definition) is 4. The van der Waals surface area contributed by atoms with E-state index >= 15 is 0 Å². The Morgan fingerprint density at radius 2 is 1.28 bits per heavy atom. The molecule has 2 aromatic carbocycles. The van der Waals surface area contributed by atoms with E-state index in [1.165, 1.54) is 12.0 Å². The first-order valence-corrected chi connectivity index (χ1v) is 21.4. The van der Waals surface area contributed by atoms with Crippen LogP contribution in [0.15, 0.2) is 86.2 Å². The van der Waals surface area contributed by atoms with Crippen LogP contribution in [0, 0.1) is 0 Å². The van der Waals surface area contributed by atoms with Gasteiger partial charge in [0, 0.05) is 38.2 Å². The molecule has 4 fully saturated rings. The molecule has 29 nitrogen and oxygen atoms in total. The van der Waals surface area contributed by atoms with E-state index in [9.17, 15) is 47.3 Å². The van der Waals surface area contributed by atoms with Crippen molar-refractivity contribution >= 4 is 6.09 Å². The third kappa shape index (κ3) is 12.7. The second-order valence-corrected chi connectivity index (χ2v) is 16.0. The van der Waals surface area contributed by atoms with Gasteiger partial charge in [0.15, 0.2) is 18.9 Å². The molecular weight excluding hydrogens is 901 g/mol. The van der Waals surface area contributed by atoms with Gasteiger partial charge >= 0.3 is 6.09 Å². The Hall–Kier alpha value is -6.18. The number of hydrogen-bond acceptors (Lipinski definition) is 18. The third-order valence-electron chi connectivity index (χ3n) is 11.8. The molecule has 68 heavy (non-hydrogen) atoms. The summed E-state index contributed by atoms with van der Waals surface area (Å²) in [6, 6.07) is 13.5. The van der Waals surface area contributed by atoms with Crippen LogP contribution >= 0.6 is 0 Å². The van der Waals surface area contributed by atoms with Crippen molar-refractivity contribution < 1.29 is 63.1 Å². The van der Waals surface area contributed by atoms with E-state index in [2.05, 4.69) is 50.1 Å². The first-order valence-electron chi connectivity index (χ1n) is 21.4. The fourth-order valence-electron chi connectivity index (χ4n) is 8.53. The largest absolute Gasteiger partial charge is 0.445 e. The number of rotatable bonds is 20. The minimum atomic E-state index is -1.83. The van der Waals surface area contributed by atoms with Gasteiger partial charge in [-0.15, -0.1) is 0 Å². The van der Waals surface area contributed by atoms with Gasteiger partial charge in [0.05, 0.1) is 68.3 Å². The Morgan fingerprint density at radius 3 is 1.91 bits per heavy atom. The lowest BCUT2D eigenvalue weighted by Crippen LogP contribution is -2.61. The molecule has 29 heteroatoms. The summed E-state index contributed by atoms with van der Waals surface area (Å²) in [5, 5.41) is 62.1. The molecule has 17 atom stereocenters. The van der Waals surface area contributed by atoms with Crippen molar-refractivity contribution in [1.29, 1.82) is 0 Å². The zero-order valence-corrected chi connectivity index (χ0v) is 36.4. The number of carbonyl (C=O) groups excluding carboxylic acids is 1. The Morgan fingerprint density at radius 1 is 0.676 bits per heavy atom. The Balaban J connectivity index is 1.27. The van der Waals surface area contributed by atoms with Gasteiger partial charge in [-0.3, -0.25) is 0 Å². The molecule has 4 aliphatic rings. The maximum absolute atomic E-state index is 13.7. The topological polar surface area (TPSA) is 419 Å². The van der Waals surface area contributed by atoms with Crippen molar-refractivity contribution in [2.75, 3.05) is 26.8 Å². The first-order chi connectivity index (χ1) is 33.1. The fourth-order valence-corrected chi connectivity index (χ4v) is 8.53. The molecule has 1 amide bonds. The average Bonchev–Trinajstić information content (AvgIpc) is 3.64. The number of aliphatic hydroxyl groups is 4. The predicted molar refractivity (Wildman–Crippen MR) is 230 cm³/mol. The number of aliphatic hydroxyl groups excluding tert-OH is 4. The Kier molecular flexibility index (Phi) is 19.0. The van der Waals surface area contributed by atoms with Gasteiger partial charge in [0.2, 0.25) is 0 Å². The normalized spacial score (nSPS) is 34.3. The van der Waals surface area contributed by atoms with Crippen LogP contribution < -0.4 is 0 Å². The summed E-state index contributed by atoms with van der Waals surface area (Å²) in [7, 11) is 1.27. The number of azide groups is 5. The maximum Gasteiger partial charge on any atom is 0.410 e. The SMILES string of the molecule is COC1C(N=[N+]=[N-])CC(N=[N+]=[N-])C(OC2OC(CN(Cc3ccccc3)C(=O)OCc3ccccc3)CCC2N=[N+]=[N-])C1OC1OC(CO)C(OC2OC(CN=[N+]=[N-])C(O)C(O)C2N=[N+]=[N-])C1O. The second-order valence-electron chi connectivity index (χ2n) is 16.0. The molecule has 4 N–H and O–H groups in total. The lowest BCUT2D eigenvalue weighted by molar-refractivity contribution is -0.291. The van der Waals surface area contributed by atoms with Gasteiger partial charge in [-0.1, -0.05) is 86.2 Å². The monoisotopic (exact) mass is 950 g/mol. The van der Waals surface area contributed by atoms with Crippen molar-refractivity contribution in [3.63, 3.8) is 0 Å². The summed E-state index contributed by atoms with van der Waals surface area (Å²) in [6.45, 7) is -1.13. The highest BCUT2D eigenvalue weighted by atomic mass is 16.8. The number of methoxy groups -OCH3 is 1. The van der Waals surface area contributed by atoms with E-state index in [0.29, 0.717) is 6.42 Å². The molecule has 3 heterocycles. The summed E-state index contributed by atoms with van der Waals surface area (Å²) in [4.78, 5) is 29.4. The van der Waals surface area contributed by atoms with Crippen LogP contribution in [0.25, 0.3) is 52.2 Å². The van der Waals surface area contributed by atoms with E-state index in [0.717, 1.165) is 11.1 Å². The minimum Gasteiger partial charge on any atom is -0.445 e. The van der Waals surface area contributed by atoms with Crippen LogP contribution in [0.4, 0.5) is 4.79 Å². The summed E-state index contributed by atoms with van der Waals surface area (Å²) in [6.07, 6.45) is -19.6. The Bertz CT molecular complexity index is 2210. The second kappa shape index (κ2) is 25.3. The lowest BCUT2D eigenvalue weighted by atomic mass is 9.84. The molecule has 0 aromatic heterocycles. The quantitative estimate of drug-likeness (QED) is 0.0810. The van der Waals surface area contributed by atoms with Gasteiger partial charge < -0.3 is 63.2 Å². The molecule has 0 bridgehead atoms. The highest BCUT2D eigenvalue weighted by Gasteiger charge is 2.55. The zero-order valence-electron chi connectivity index (χ0n) is 36.4. The number of benzene rings is 2. The smallest absolute Gasteiger partial charge is 0.410 e. The van der Waals surface area contributed by atoms with Crippen molar-refractivity contribution in [3.8, 4) is 0 Å². The van der Waals surface area contributed by atoms with Crippen LogP contribution in [-0.4, -0.2) is 162 Å². The van der Waals surface area contributed by atoms with Crippen LogP contribution in [0.2, 0.25) is 0 Å². The maximum atomic E-state index is 13.7. The van der Waals surface area contributed by atoms with Crippen LogP contribution in [0.3, 0.4) is 0 Å². The first kappa shape index (κ1) is 51.2. The minimum absolute atomic E-state index is 0.00501. The van der Waals surface area contributed by atoms with Crippen LogP contribution in [0.1, 0.15) is 30.4 Å². The molecule has 3 saturated heterocycles. The van der Waals surface area contributed by atoms with Crippen molar-refractivity contribution in [3.05, 3.63) is 124 Å². The molecule has 17 unspecified atom stereocenters. The lowest BCUT2D eigenvalue weighted by Gasteiger charge is -2.46. The van der Waals surface area contributed by atoms with Gasteiger partial charge in [-0.05, 0) is 58.0 Å². The molecule has 1 aliphatic carbocycles. The molecule has 2 aromatic rings. The molecule has 0 radical (unpaired) electrons. The molecule has 3 aliphatic heterocycles. The van der Waals surface area contributed by atoms with Gasteiger partial charge in [0.25, 0.3) is 0 Å². The zero-order chi connectivity index (χ0) is 48.6. The van der Waals surface area contributed by atoms with Crippen molar-refractivity contribution in [2.24, 2.45) is 25.6 Å². The highest BCUT2D eigenvalue weighted by molar-refractivity contribution is 5.67. The molecule has 0 spiro atoms. The number of nitrogens with zero attached hydrogens (tertiary/aromatic N) is 16. The Labute approximate surface area is 386 Å². The molecule has 1 saturated carbocycles. The third-order valence-corrected chi connectivity index (χ3v) is 11.8. The highest BCUT2D eigenvalue weighted by Crippen LogP contribution is 2.38. The molecule has 364 valence electrons. The summed E-state index contributed by atoms with van der Waals surface area (Å²) >= 11 is 0. The van der Waals surface area contributed by atoms with E-state index in [1.807, 2.05) is 60.7 Å². The average molecular weight is 951 g/mol. The van der Waals surface area contributed by atoms with Crippen molar-refractivity contribution in [1.82, 2.24) is 4.90 Å². The number of amides is 1. The number of ether oxygens (including phenoxy) is 8. The standard InChI is InChI=1S/C39H50N16O13/c1-61-32-24(47-52-42)14-25(48-53-43)33(35(32)68-38-31(59)34(27(18-56)65-38)67-37-28(49-54-44)30(58)29(57)26(64-37)15-45-50-40)66-36-23(46-51-41)13-12-22(63-36)17-55(16-20-8-4-2-5-9-20)39(60)62-19-21-10-6-3-7-11-21/h2-11,22-38,56-59H,12-19H2,1H3. The number of carbonyl (C=O) groups is 1. The predicted octanol–water partition coefficient (Wildman–Crippen LogP) is 4.46. The van der Waals surface area contributed by atoms with Crippen molar-refractivity contribution in [2.45, 2.75) is 136 Å². The molecular formula is C39H50N16O13. The van der Waals surface area contributed by atoms with E-state index in [-0.39, 0.29) is 32.5 Å².